The summed E-state index contributed by atoms with van der Waals surface area (Å²) in [5.74, 6) is 1.88. The maximum atomic E-state index is 4.09. The van der Waals surface area contributed by atoms with E-state index >= 15 is 0 Å². The Morgan fingerprint density at radius 3 is 2.40 bits per heavy atom. The van der Waals surface area contributed by atoms with E-state index in [9.17, 15) is 0 Å². The third-order valence-electron chi connectivity index (χ3n) is 5.20. The van der Waals surface area contributed by atoms with E-state index in [1.54, 1.807) is 0 Å². The van der Waals surface area contributed by atoms with Crippen molar-refractivity contribution in [3.05, 3.63) is 0 Å². The summed E-state index contributed by atoms with van der Waals surface area (Å²) in [6.45, 7) is 4.90. The van der Waals surface area contributed by atoms with Crippen LogP contribution in [-0.4, -0.2) is 7.75 Å². The molecule has 0 aromatic rings. The normalized spacial score (nSPS) is 57.8. The third kappa shape index (κ3) is 1.64. The molecule has 4 fully saturated rings. The number of halogens is 2. The van der Waals surface area contributed by atoms with Crippen LogP contribution in [0.4, 0.5) is 0 Å². The zero-order valence-corrected chi connectivity index (χ0v) is 13.4. The fourth-order valence-corrected chi connectivity index (χ4v) is 9.11. The van der Waals surface area contributed by atoms with Crippen LogP contribution in [0.15, 0.2) is 0 Å². The van der Waals surface area contributed by atoms with Crippen molar-refractivity contribution < 1.29 is 0 Å². The lowest BCUT2D eigenvalue weighted by molar-refractivity contribution is -0.0440. The van der Waals surface area contributed by atoms with Gasteiger partial charge in [-0.2, -0.15) is 0 Å². The highest BCUT2D eigenvalue weighted by atomic mass is 127. The predicted molar refractivity (Wildman–Crippen MR) is 76.9 cm³/mol. The zero-order valence-electron chi connectivity index (χ0n) is 9.65. The highest BCUT2D eigenvalue weighted by molar-refractivity contribution is 14.1. The van der Waals surface area contributed by atoms with Gasteiger partial charge in [0.1, 0.15) is 0 Å². The summed E-state index contributed by atoms with van der Waals surface area (Å²) in [5.41, 5.74) is 0.671. The van der Waals surface area contributed by atoms with Crippen LogP contribution in [0, 0.1) is 17.3 Å². The maximum absolute atomic E-state index is 4.09. The van der Waals surface area contributed by atoms with Crippen LogP contribution in [0.5, 0.6) is 0 Å². The lowest BCUT2D eigenvalue weighted by Crippen LogP contribution is -2.60. The molecule has 4 aliphatic carbocycles. The second-order valence-electron chi connectivity index (χ2n) is 6.83. The van der Waals surface area contributed by atoms with Crippen molar-refractivity contribution in [1.82, 2.24) is 0 Å². The van der Waals surface area contributed by atoms with E-state index in [4.69, 9.17) is 0 Å². The Bertz CT molecular complexity index is 281. The summed E-state index contributed by atoms with van der Waals surface area (Å²) in [5, 5.41) is 0. The summed E-state index contributed by atoms with van der Waals surface area (Å²) >= 11 is 6.88. The molecule has 0 aliphatic heterocycles. The minimum absolute atomic E-state index is 0.512. The van der Waals surface area contributed by atoms with Crippen molar-refractivity contribution in [1.29, 1.82) is 0 Å². The van der Waals surface area contributed by atoms with Gasteiger partial charge in [-0.25, -0.2) is 0 Å². The van der Waals surface area contributed by atoms with Gasteiger partial charge in [-0.05, 0) is 55.8 Å². The molecule has 0 aromatic carbocycles. The van der Waals surface area contributed by atoms with Gasteiger partial charge in [-0.3, -0.25) is 0 Å². The SMILES string of the molecule is CC(C)[C@]12C[C@H]3C[C@](Br)(C[C@](I)(C3)C1)C2. The van der Waals surface area contributed by atoms with Gasteiger partial charge in [-0.15, -0.1) is 0 Å². The van der Waals surface area contributed by atoms with Gasteiger partial charge in [0.2, 0.25) is 0 Å². The van der Waals surface area contributed by atoms with Crippen molar-refractivity contribution in [3.8, 4) is 0 Å². The molecular weight excluding hydrogens is 363 g/mol. The van der Waals surface area contributed by atoms with Crippen LogP contribution < -0.4 is 0 Å². The minimum atomic E-state index is 0.512. The molecule has 0 heterocycles. The molecule has 0 radical (unpaired) electrons. The summed E-state index contributed by atoms with van der Waals surface area (Å²) < 4.78 is 1.14. The Hall–Kier alpha value is 1.21. The highest BCUT2D eigenvalue weighted by Crippen LogP contribution is 2.70. The lowest BCUT2D eigenvalue weighted by Gasteiger charge is -2.65. The average Bonchev–Trinajstić information content (AvgIpc) is 1.95. The van der Waals surface area contributed by atoms with Crippen molar-refractivity contribution in [2.24, 2.45) is 17.3 Å². The second kappa shape index (κ2) is 3.15. The lowest BCUT2D eigenvalue weighted by atomic mass is 9.47. The molecular formula is C13H20BrI. The van der Waals surface area contributed by atoms with E-state index in [0.29, 0.717) is 13.2 Å². The Kier molecular flexibility index (Phi) is 2.38. The largest absolute Gasteiger partial charge is 0.0853 e. The fourth-order valence-electron chi connectivity index (χ4n) is 4.92. The topological polar surface area (TPSA) is 0 Å². The van der Waals surface area contributed by atoms with Crippen LogP contribution in [0.25, 0.3) is 0 Å². The molecule has 0 amide bonds. The van der Waals surface area contributed by atoms with Crippen LogP contribution in [0.3, 0.4) is 0 Å². The Morgan fingerprint density at radius 2 is 1.87 bits per heavy atom. The molecule has 0 nitrogen and oxygen atoms in total. The van der Waals surface area contributed by atoms with Gasteiger partial charge in [0, 0.05) is 7.75 Å². The van der Waals surface area contributed by atoms with Crippen LogP contribution >= 0.6 is 38.5 Å². The summed E-state index contributed by atoms with van der Waals surface area (Å²) in [6.07, 6.45) is 8.82. The van der Waals surface area contributed by atoms with E-state index in [-0.39, 0.29) is 0 Å². The molecule has 15 heavy (non-hydrogen) atoms. The van der Waals surface area contributed by atoms with Crippen molar-refractivity contribution in [2.75, 3.05) is 0 Å². The first-order valence-electron chi connectivity index (χ1n) is 6.23. The number of alkyl halides is 2. The van der Waals surface area contributed by atoms with Gasteiger partial charge in [0.05, 0.1) is 0 Å². The first-order chi connectivity index (χ1) is 6.85. The molecule has 4 saturated carbocycles. The predicted octanol–water partition coefficient (Wildman–Crippen LogP) is 4.93. The number of hydrogen-bond donors (Lipinski definition) is 0. The maximum Gasteiger partial charge on any atom is 0.0278 e. The van der Waals surface area contributed by atoms with Gasteiger partial charge in [-0.1, -0.05) is 52.4 Å². The van der Waals surface area contributed by atoms with Crippen LogP contribution in [0.1, 0.15) is 52.4 Å². The van der Waals surface area contributed by atoms with E-state index in [2.05, 4.69) is 52.4 Å². The quantitative estimate of drug-likeness (QED) is 0.445. The van der Waals surface area contributed by atoms with Crippen LogP contribution in [0.2, 0.25) is 0 Å². The molecule has 86 valence electrons. The summed E-state index contributed by atoms with van der Waals surface area (Å²) in [4.78, 5) is 0. The molecule has 0 spiro atoms. The Balaban J connectivity index is 2.02. The number of hydrogen-bond acceptors (Lipinski definition) is 0. The molecule has 0 aromatic heterocycles. The van der Waals surface area contributed by atoms with Gasteiger partial charge >= 0.3 is 0 Å². The van der Waals surface area contributed by atoms with Crippen molar-refractivity contribution in [3.63, 3.8) is 0 Å². The van der Waals surface area contributed by atoms with Crippen LogP contribution in [-0.2, 0) is 0 Å². The average molecular weight is 383 g/mol. The first kappa shape index (κ1) is 11.3. The molecule has 0 saturated heterocycles. The molecule has 2 heteroatoms. The summed E-state index contributed by atoms with van der Waals surface area (Å²) in [7, 11) is 0. The molecule has 4 aliphatic rings. The summed E-state index contributed by atoms with van der Waals surface area (Å²) in [6, 6.07) is 0. The highest BCUT2D eigenvalue weighted by Gasteiger charge is 2.62. The molecule has 4 atom stereocenters. The van der Waals surface area contributed by atoms with E-state index in [1.165, 1.54) is 38.5 Å². The molecule has 4 rings (SSSR count). The third-order valence-corrected chi connectivity index (χ3v) is 7.29. The van der Waals surface area contributed by atoms with E-state index in [1.807, 2.05) is 0 Å². The van der Waals surface area contributed by atoms with Crippen molar-refractivity contribution >= 4 is 38.5 Å². The molecule has 4 bridgehead atoms. The fraction of sp³-hybridized carbons (Fsp3) is 1.00. The zero-order chi connectivity index (χ0) is 10.9. The minimum Gasteiger partial charge on any atom is -0.0853 e. The van der Waals surface area contributed by atoms with Gasteiger partial charge in [0.15, 0.2) is 0 Å². The van der Waals surface area contributed by atoms with Crippen molar-refractivity contribution in [2.45, 2.75) is 60.1 Å². The standard InChI is InChI=1S/C13H20BrI/c1-9(2)11-3-10-4-12(14,6-11)8-13(15,5-10)7-11/h9-10H,3-8H2,1-2H3/t10-,11-,12+,13-/m0/s1. The Morgan fingerprint density at radius 1 is 1.13 bits per heavy atom. The van der Waals surface area contributed by atoms with E-state index in [0.717, 1.165) is 11.8 Å². The van der Waals surface area contributed by atoms with Gasteiger partial charge < -0.3 is 0 Å². The second-order valence-corrected chi connectivity index (χ2v) is 10.8. The molecule has 0 N–H and O–H groups in total. The smallest absolute Gasteiger partial charge is 0.0278 e. The van der Waals surface area contributed by atoms with E-state index < -0.39 is 0 Å². The number of rotatable bonds is 1. The molecule has 0 unspecified atom stereocenters. The van der Waals surface area contributed by atoms with Gasteiger partial charge in [0.25, 0.3) is 0 Å². The first-order valence-corrected chi connectivity index (χ1v) is 8.10. The monoisotopic (exact) mass is 382 g/mol. The Labute approximate surface area is 115 Å².